The zero-order valence-corrected chi connectivity index (χ0v) is 19.9. The van der Waals surface area contributed by atoms with E-state index >= 15 is 0 Å². The summed E-state index contributed by atoms with van der Waals surface area (Å²) in [5, 5.41) is -0.565. The Bertz CT molecular complexity index is 1300. The van der Waals surface area contributed by atoms with Gasteiger partial charge in [-0.1, -0.05) is 11.6 Å². The molecule has 1 aromatic carbocycles. The minimum Gasteiger partial charge on any atom is -0.422 e. The van der Waals surface area contributed by atoms with Crippen LogP contribution in [0.1, 0.15) is 30.7 Å². The minimum atomic E-state index is -3.46. The zero-order chi connectivity index (χ0) is 23.8. The number of aryl methyl sites for hydroxylation is 3. The lowest BCUT2D eigenvalue weighted by Gasteiger charge is -2.13. The average molecular weight is 480 g/mol. The fourth-order valence-electron chi connectivity index (χ4n) is 3.04. The smallest absolute Gasteiger partial charge is 0.322 e. The summed E-state index contributed by atoms with van der Waals surface area (Å²) in [5.41, 5.74) is 1.95. The molecule has 0 atom stereocenters. The van der Waals surface area contributed by atoms with Gasteiger partial charge in [-0.25, -0.2) is 12.8 Å². The summed E-state index contributed by atoms with van der Waals surface area (Å²) in [4.78, 5) is 20.7. The Balaban J connectivity index is 2.16. The number of halogens is 2. The number of hydrogen-bond acceptors (Lipinski definition) is 6. The molecule has 170 valence electrons. The van der Waals surface area contributed by atoms with Gasteiger partial charge in [-0.05, 0) is 57.5 Å². The van der Waals surface area contributed by atoms with Crippen LogP contribution in [0.2, 0.25) is 5.02 Å². The molecule has 3 aromatic rings. The molecule has 0 aliphatic heterocycles. The maximum atomic E-state index is 13.6. The Labute approximate surface area is 190 Å². The van der Waals surface area contributed by atoms with Crippen molar-refractivity contribution in [3.8, 4) is 23.0 Å². The van der Waals surface area contributed by atoms with Gasteiger partial charge in [0.2, 0.25) is 0 Å². The van der Waals surface area contributed by atoms with E-state index in [9.17, 15) is 17.6 Å². The van der Waals surface area contributed by atoms with Gasteiger partial charge in [0.1, 0.15) is 5.82 Å². The van der Waals surface area contributed by atoms with Gasteiger partial charge in [-0.3, -0.25) is 4.79 Å². The van der Waals surface area contributed by atoms with Crippen molar-refractivity contribution in [1.82, 2.24) is 14.5 Å². The number of aromatic nitrogens is 3. The zero-order valence-electron chi connectivity index (χ0n) is 18.3. The van der Waals surface area contributed by atoms with Gasteiger partial charge >= 0.3 is 6.01 Å². The van der Waals surface area contributed by atoms with E-state index in [0.717, 1.165) is 6.07 Å². The summed E-state index contributed by atoms with van der Waals surface area (Å²) >= 11 is 6.13. The Morgan fingerprint density at radius 2 is 1.81 bits per heavy atom. The van der Waals surface area contributed by atoms with Crippen molar-refractivity contribution in [2.45, 2.75) is 38.7 Å². The van der Waals surface area contributed by atoms with E-state index in [2.05, 4.69) is 9.97 Å². The summed E-state index contributed by atoms with van der Waals surface area (Å²) in [6, 6.07) is 5.43. The van der Waals surface area contributed by atoms with Gasteiger partial charge < -0.3 is 9.30 Å². The molecule has 2 aromatic heterocycles. The Morgan fingerprint density at radius 1 is 1.12 bits per heavy atom. The molecule has 0 saturated carbocycles. The van der Waals surface area contributed by atoms with Crippen LogP contribution in [0, 0.1) is 19.7 Å². The molecule has 0 radical (unpaired) electrons. The van der Waals surface area contributed by atoms with Crippen molar-refractivity contribution < 1.29 is 17.5 Å². The van der Waals surface area contributed by atoms with E-state index in [1.165, 1.54) is 10.6 Å². The van der Waals surface area contributed by atoms with Crippen LogP contribution >= 0.6 is 11.6 Å². The number of nitrogens with zero attached hydrogens (tertiary/aromatic N) is 3. The fourth-order valence-corrected chi connectivity index (χ4v) is 4.23. The minimum absolute atomic E-state index is 0.0332. The predicted octanol–water partition coefficient (Wildman–Crippen LogP) is 4.37. The molecule has 0 bridgehead atoms. The van der Waals surface area contributed by atoms with Crippen LogP contribution in [0.5, 0.6) is 11.8 Å². The SMILES string of the molecule is Cc1cc(F)cc(Cl)c1Oc1nc(CS(=O)(=O)C(C)C)cc(-c2cc(C)c(=O)n(C)c2)n1. The standard InChI is InChI=1S/C22H23ClFN3O4S/c1-12(2)32(29,30)11-17-9-19(15-6-14(4)21(28)27(5)10-15)26-22(25-17)31-20-13(3)7-16(24)8-18(20)23/h6-10,12H,11H2,1-5H3. The van der Waals surface area contributed by atoms with Gasteiger partial charge in [0.05, 0.1) is 27.4 Å². The molecule has 32 heavy (non-hydrogen) atoms. The van der Waals surface area contributed by atoms with Crippen LogP contribution in [0.3, 0.4) is 0 Å². The monoisotopic (exact) mass is 479 g/mol. The van der Waals surface area contributed by atoms with Crippen molar-refractivity contribution in [2.24, 2.45) is 7.05 Å². The molecule has 2 heterocycles. The lowest BCUT2D eigenvalue weighted by atomic mass is 10.1. The summed E-state index contributed by atoms with van der Waals surface area (Å²) in [5.74, 6) is -0.671. The van der Waals surface area contributed by atoms with E-state index < -0.39 is 20.9 Å². The molecular weight excluding hydrogens is 457 g/mol. The molecule has 3 rings (SSSR count). The van der Waals surface area contributed by atoms with E-state index in [-0.39, 0.29) is 33.8 Å². The maximum Gasteiger partial charge on any atom is 0.322 e. The Morgan fingerprint density at radius 3 is 2.41 bits per heavy atom. The van der Waals surface area contributed by atoms with E-state index in [1.54, 1.807) is 53.1 Å². The molecule has 0 fully saturated rings. The van der Waals surface area contributed by atoms with Crippen LogP contribution in [0.4, 0.5) is 4.39 Å². The van der Waals surface area contributed by atoms with Gasteiger partial charge in [-0.15, -0.1) is 0 Å². The molecule has 0 saturated heterocycles. The molecule has 0 aliphatic rings. The van der Waals surface area contributed by atoms with Crippen LogP contribution in [-0.4, -0.2) is 28.2 Å². The fraction of sp³-hybridized carbons (Fsp3) is 0.318. The number of ether oxygens (including phenoxy) is 1. The molecule has 0 aliphatic carbocycles. The van der Waals surface area contributed by atoms with Gasteiger partial charge in [0, 0.05) is 24.4 Å². The first kappa shape index (κ1) is 23.9. The first-order valence-corrected chi connectivity index (χ1v) is 11.9. The van der Waals surface area contributed by atoms with E-state index in [1.807, 2.05) is 0 Å². The largest absolute Gasteiger partial charge is 0.422 e. The summed E-state index contributed by atoms with van der Waals surface area (Å²) < 4.78 is 45.8. The Kier molecular flexibility index (Phi) is 6.71. The van der Waals surface area contributed by atoms with Crippen LogP contribution < -0.4 is 10.3 Å². The molecule has 0 amide bonds. The first-order chi connectivity index (χ1) is 14.9. The number of benzene rings is 1. The second-order valence-corrected chi connectivity index (χ2v) is 10.8. The van der Waals surface area contributed by atoms with Crippen LogP contribution in [0.15, 0.2) is 35.3 Å². The third-order valence-electron chi connectivity index (χ3n) is 4.87. The lowest BCUT2D eigenvalue weighted by molar-refractivity contribution is 0.436. The van der Waals surface area contributed by atoms with Crippen molar-refractivity contribution >= 4 is 21.4 Å². The first-order valence-electron chi connectivity index (χ1n) is 9.78. The highest BCUT2D eigenvalue weighted by molar-refractivity contribution is 7.91. The van der Waals surface area contributed by atoms with Crippen LogP contribution in [0.25, 0.3) is 11.3 Å². The number of pyridine rings is 1. The summed E-state index contributed by atoms with van der Waals surface area (Å²) in [7, 11) is -1.85. The summed E-state index contributed by atoms with van der Waals surface area (Å²) in [6.07, 6.45) is 1.60. The van der Waals surface area contributed by atoms with Gasteiger partial charge in [0.15, 0.2) is 15.6 Å². The average Bonchev–Trinajstić information content (AvgIpc) is 2.67. The topological polar surface area (TPSA) is 91.1 Å². The Hall–Kier alpha value is -2.78. The highest BCUT2D eigenvalue weighted by atomic mass is 35.5. The number of sulfone groups is 1. The molecule has 0 N–H and O–H groups in total. The van der Waals surface area contributed by atoms with E-state index in [4.69, 9.17) is 16.3 Å². The molecule has 7 nitrogen and oxygen atoms in total. The van der Waals surface area contributed by atoms with Crippen molar-refractivity contribution in [3.63, 3.8) is 0 Å². The normalized spacial score (nSPS) is 11.8. The van der Waals surface area contributed by atoms with Crippen molar-refractivity contribution in [1.29, 1.82) is 0 Å². The van der Waals surface area contributed by atoms with E-state index in [0.29, 0.717) is 22.4 Å². The lowest BCUT2D eigenvalue weighted by Crippen LogP contribution is -2.19. The predicted molar refractivity (Wildman–Crippen MR) is 121 cm³/mol. The molecule has 0 spiro atoms. The second-order valence-electron chi connectivity index (χ2n) is 7.85. The van der Waals surface area contributed by atoms with Gasteiger partial charge in [0.25, 0.3) is 5.56 Å². The van der Waals surface area contributed by atoms with Crippen molar-refractivity contribution in [2.75, 3.05) is 0 Å². The summed E-state index contributed by atoms with van der Waals surface area (Å²) in [6.45, 7) is 6.48. The van der Waals surface area contributed by atoms with Crippen molar-refractivity contribution in [3.05, 3.63) is 68.5 Å². The number of hydrogen-bond donors (Lipinski definition) is 0. The molecular formula is C22H23ClFN3O4S. The second kappa shape index (κ2) is 8.99. The molecule has 0 unspecified atom stereocenters. The van der Waals surface area contributed by atoms with Crippen LogP contribution in [-0.2, 0) is 22.6 Å². The molecule has 10 heteroatoms. The highest BCUT2D eigenvalue weighted by Gasteiger charge is 2.21. The maximum absolute atomic E-state index is 13.6. The number of rotatable bonds is 6. The third-order valence-corrected chi connectivity index (χ3v) is 7.29. The highest BCUT2D eigenvalue weighted by Crippen LogP contribution is 2.33. The van der Waals surface area contributed by atoms with Gasteiger partial charge in [-0.2, -0.15) is 9.97 Å². The third kappa shape index (κ3) is 5.16. The quantitative estimate of drug-likeness (QED) is 0.521.